The first kappa shape index (κ1) is 19.2. The summed E-state index contributed by atoms with van der Waals surface area (Å²) in [5, 5.41) is 0. The summed E-state index contributed by atoms with van der Waals surface area (Å²) in [6.45, 7) is 9.07. The molecule has 0 bridgehead atoms. The highest BCUT2D eigenvalue weighted by atomic mass is 14.1. The molecule has 0 nitrogen and oxygen atoms in total. The number of hydrogen-bond donors (Lipinski definition) is 0. The Morgan fingerprint density at radius 2 is 1.20 bits per heavy atom. The summed E-state index contributed by atoms with van der Waals surface area (Å²) in [5.41, 5.74) is 1.48. The molecule has 20 heavy (non-hydrogen) atoms. The zero-order chi connectivity index (χ0) is 15.1. The third kappa shape index (κ3) is 11.1. The molecular formula is C20H36. The summed E-state index contributed by atoms with van der Waals surface area (Å²) in [7, 11) is 0. The summed E-state index contributed by atoms with van der Waals surface area (Å²) in [6.07, 6.45) is 12.5. The largest absolute Gasteiger partial charge is 0.0654 e. The summed E-state index contributed by atoms with van der Waals surface area (Å²) >= 11 is 0. The Bertz CT molecular complexity index is 269. The first-order chi connectivity index (χ1) is 9.76. The van der Waals surface area contributed by atoms with Crippen molar-refractivity contribution < 1.29 is 0 Å². The van der Waals surface area contributed by atoms with Crippen LogP contribution in [0, 0.1) is 0 Å². The van der Waals surface area contributed by atoms with Gasteiger partial charge in [-0.25, -0.2) is 0 Å². The third-order valence-electron chi connectivity index (χ3n) is 3.82. The first-order valence-electron chi connectivity index (χ1n) is 8.81. The SMILES string of the molecule is CCCCC(C)c1ccccc1.CCCCCCCC. The van der Waals surface area contributed by atoms with Crippen molar-refractivity contribution in [2.75, 3.05) is 0 Å². The maximum Gasteiger partial charge on any atom is -0.0190 e. The molecular weight excluding hydrogens is 240 g/mol. The lowest BCUT2D eigenvalue weighted by Crippen LogP contribution is -1.92. The standard InChI is InChI=1S/C12H18.C8H18/c1-3-4-8-11(2)12-9-6-5-7-10-12;1-3-5-7-8-6-4-2/h5-7,9-11H,3-4,8H2,1-2H3;3-8H2,1-2H3. The van der Waals surface area contributed by atoms with E-state index in [4.69, 9.17) is 0 Å². The maximum absolute atomic E-state index is 2.31. The second-order valence-electron chi connectivity index (χ2n) is 5.87. The molecule has 0 heteroatoms. The van der Waals surface area contributed by atoms with Crippen molar-refractivity contribution in [2.45, 2.75) is 91.4 Å². The Morgan fingerprint density at radius 1 is 0.700 bits per heavy atom. The minimum Gasteiger partial charge on any atom is -0.0654 e. The molecule has 1 aromatic rings. The van der Waals surface area contributed by atoms with Crippen molar-refractivity contribution in [3.8, 4) is 0 Å². The minimum absolute atomic E-state index is 0.728. The first-order valence-corrected chi connectivity index (χ1v) is 8.81. The molecule has 0 saturated carbocycles. The Morgan fingerprint density at radius 3 is 1.65 bits per heavy atom. The van der Waals surface area contributed by atoms with Gasteiger partial charge in [-0.2, -0.15) is 0 Å². The van der Waals surface area contributed by atoms with Gasteiger partial charge in [0.05, 0.1) is 0 Å². The summed E-state index contributed by atoms with van der Waals surface area (Å²) in [4.78, 5) is 0. The van der Waals surface area contributed by atoms with Crippen LogP contribution in [-0.2, 0) is 0 Å². The van der Waals surface area contributed by atoms with Crippen molar-refractivity contribution in [2.24, 2.45) is 0 Å². The van der Waals surface area contributed by atoms with E-state index in [-0.39, 0.29) is 0 Å². The van der Waals surface area contributed by atoms with E-state index in [9.17, 15) is 0 Å². The summed E-state index contributed by atoms with van der Waals surface area (Å²) in [6, 6.07) is 10.8. The zero-order valence-corrected chi connectivity index (χ0v) is 14.3. The fourth-order valence-electron chi connectivity index (χ4n) is 2.31. The average molecular weight is 277 g/mol. The van der Waals surface area contributed by atoms with Crippen molar-refractivity contribution in [3.63, 3.8) is 0 Å². The predicted octanol–water partition coefficient (Wildman–Crippen LogP) is 7.35. The van der Waals surface area contributed by atoms with Crippen LogP contribution in [0.2, 0.25) is 0 Å². The van der Waals surface area contributed by atoms with E-state index in [0.717, 1.165) is 5.92 Å². The van der Waals surface area contributed by atoms with Crippen LogP contribution in [-0.4, -0.2) is 0 Å². The molecule has 1 aromatic carbocycles. The van der Waals surface area contributed by atoms with Crippen LogP contribution < -0.4 is 0 Å². The van der Waals surface area contributed by atoms with Gasteiger partial charge < -0.3 is 0 Å². The number of benzene rings is 1. The minimum atomic E-state index is 0.728. The Balaban J connectivity index is 0.000000396. The van der Waals surface area contributed by atoms with E-state index >= 15 is 0 Å². The lowest BCUT2D eigenvalue weighted by Gasteiger charge is -2.10. The van der Waals surface area contributed by atoms with Crippen LogP contribution in [0.25, 0.3) is 0 Å². The van der Waals surface area contributed by atoms with Crippen molar-refractivity contribution in [1.29, 1.82) is 0 Å². The highest BCUT2D eigenvalue weighted by Gasteiger charge is 2.02. The number of hydrogen-bond acceptors (Lipinski definition) is 0. The molecule has 0 spiro atoms. The van der Waals surface area contributed by atoms with Gasteiger partial charge in [-0.1, -0.05) is 109 Å². The Labute approximate surface area is 128 Å². The molecule has 0 aliphatic rings. The maximum atomic E-state index is 2.31. The van der Waals surface area contributed by atoms with E-state index in [2.05, 4.69) is 58.0 Å². The van der Waals surface area contributed by atoms with E-state index in [0.29, 0.717) is 0 Å². The van der Waals surface area contributed by atoms with Crippen LogP contribution in [0.5, 0.6) is 0 Å². The molecule has 0 aliphatic carbocycles. The van der Waals surface area contributed by atoms with Crippen LogP contribution >= 0.6 is 0 Å². The van der Waals surface area contributed by atoms with Crippen molar-refractivity contribution in [3.05, 3.63) is 35.9 Å². The quantitative estimate of drug-likeness (QED) is 0.414. The molecule has 1 atom stereocenters. The Kier molecular flexibility index (Phi) is 14.1. The smallest absolute Gasteiger partial charge is 0.0190 e. The van der Waals surface area contributed by atoms with E-state index in [1.807, 2.05) is 0 Å². The normalized spacial score (nSPS) is 11.6. The number of rotatable bonds is 9. The van der Waals surface area contributed by atoms with Gasteiger partial charge in [0.15, 0.2) is 0 Å². The molecule has 0 radical (unpaired) electrons. The van der Waals surface area contributed by atoms with Crippen LogP contribution in [0.3, 0.4) is 0 Å². The van der Waals surface area contributed by atoms with Crippen LogP contribution in [0.1, 0.15) is 97.0 Å². The van der Waals surface area contributed by atoms with Gasteiger partial charge in [-0.3, -0.25) is 0 Å². The summed E-state index contributed by atoms with van der Waals surface area (Å²) < 4.78 is 0. The van der Waals surface area contributed by atoms with Gasteiger partial charge in [-0.05, 0) is 17.9 Å². The Hall–Kier alpha value is -0.780. The van der Waals surface area contributed by atoms with Gasteiger partial charge >= 0.3 is 0 Å². The molecule has 0 saturated heterocycles. The fraction of sp³-hybridized carbons (Fsp3) is 0.700. The van der Waals surface area contributed by atoms with Gasteiger partial charge in [0.25, 0.3) is 0 Å². The van der Waals surface area contributed by atoms with Gasteiger partial charge in [0.1, 0.15) is 0 Å². The van der Waals surface area contributed by atoms with Crippen LogP contribution in [0.4, 0.5) is 0 Å². The third-order valence-corrected chi connectivity index (χ3v) is 3.82. The molecule has 0 aromatic heterocycles. The van der Waals surface area contributed by atoms with E-state index < -0.39 is 0 Å². The molecule has 1 rings (SSSR count). The van der Waals surface area contributed by atoms with Gasteiger partial charge in [-0.15, -0.1) is 0 Å². The van der Waals surface area contributed by atoms with E-state index in [1.54, 1.807) is 0 Å². The second-order valence-corrected chi connectivity index (χ2v) is 5.87. The summed E-state index contributed by atoms with van der Waals surface area (Å²) in [5.74, 6) is 0.728. The highest BCUT2D eigenvalue weighted by Crippen LogP contribution is 2.20. The van der Waals surface area contributed by atoms with E-state index in [1.165, 1.54) is 63.4 Å². The predicted molar refractivity (Wildman–Crippen MR) is 93.4 cm³/mol. The molecule has 0 heterocycles. The van der Waals surface area contributed by atoms with Crippen molar-refractivity contribution >= 4 is 0 Å². The molecule has 0 amide bonds. The van der Waals surface area contributed by atoms with Crippen LogP contribution in [0.15, 0.2) is 30.3 Å². The lowest BCUT2D eigenvalue weighted by atomic mass is 9.96. The average Bonchev–Trinajstić information content (AvgIpc) is 2.51. The topological polar surface area (TPSA) is 0 Å². The molecule has 0 aliphatic heterocycles. The van der Waals surface area contributed by atoms with Gasteiger partial charge in [0.2, 0.25) is 0 Å². The molecule has 0 fully saturated rings. The molecule has 1 unspecified atom stereocenters. The second kappa shape index (κ2) is 14.6. The monoisotopic (exact) mass is 276 g/mol. The highest BCUT2D eigenvalue weighted by molar-refractivity contribution is 5.18. The number of unbranched alkanes of at least 4 members (excludes halogenated alkanes) is 6. The molecule has 116 valence electrons. The zero-order valence-electron chi connectivity index (χ0n) is 14.3. The molecule has 0 N–H and O–H groups in total. The van der Waals surface area contributed by atoms with Gasteiger partial charge in [0, 0.05) is 0 Å². The fourth-order valence-corrected chi connectivity index (χ4v) is 2.31. The lowest BCUT2D eigenvalue weighted by molar-refractivity contribution is 0.624. The van der Waals surface area contributed by atoms with Crippen molar-refractivity contribution in [1.82, 2.24) is 0 Å².